The molecule has 0 bridgehead atoms. The molecule has 1 aromatic carbocycles. The van der Waals surface area contributed by atoms with E-state index in [-0.39, 0.29) is 22.3 Å². The number of hydrogen-bond donors (Lipinski definition) is 2. The van der Waals surface area contributed by atoms with Crippen LogP contribution in [0.5, 0.6) is 0 Å². The Bertz CT molecular complexity index is 589. The van der Waals surface area contributed by atoms with E-state index in [1.165, 1.54) is 0 Å². The van der Waals surface area contributed by atoms with Gasteiger partial charge in [0.25, 0.3) is 0 Å². The number of carbonyl (C=O) groups excluding carboxylic acids is 3. The molecule has 0 saturated carbocycles. The van der Waals surface area contributed by atoms with Crippen LogP contribution in [0.1, 0.15) is 41.4 Å². The highest BCUT2D eigenvalue weighted by atomic mass is 16.6. The second-order valence-corrected chi connectivity index (χ2v) is 3.29. The molecular weight excluding hydrogens is 230 g/mol. The van der Waals surface area contributed by atoms with Gasteiger partial charge in [0.1, 0.15) is 0 Å². The lowest BCUT2D eigenvalue weighted by Crippen LogP contribution is -2.17. The highest BCUT2D eigenvalue weighted by Crippen LogP contribution is 2.25. The van der Waals surface area contributed by atoms with Crippen LogP contribution in [0.3, 0.4) is 0 Å². The van der Waals surface area contributed by atoms with Crippen LogP contribution in [-0.2, 0) is 4.74 Å². The number of carboxylic acids is 1. The Morgan fingerprint density at radius 1 is 1.18 bits per heavy atom. The number of primary amides is 1. The molecule has 1 aliphatic rings. The second kappa shape index (κ2) is 3.41. The van der Waals surface area contributed by atoms with Gasteiger partial charge in [0, 0.05) is 0 Å². The number of aromatic carboxylic acids is 1. The number of hydrogen-bond acceptors (Lipinski definition) is 5. The molecule has 0 unspecified atom stereocenters. The summed E-state index contributed by atoms with van der Waals surface area (Å²) in [7, 11) is 0. The number of benzene rings is 1. The van der Waals surface area contributed by atoms with Crippen LogP contribution in [0.15, 0.2) is 12.1 Å². The zero-order valence-corrected chi connectivity index (χ0v) is 8.22. The molecule has 1 aromatic rings. The number of esters is 2. The molecule has 0 fully saturated rings. The van der Waals surface area contributed by atoms with Crippen molar-refractivity contribution in [2.45, 2.75) is 0 Å². The van der Waals surface area contributed by atoms with E-state index in [1.807, 2.05) is 0 Å². The third-order valence-electron chi connectivity index (χ3n) is 2.26. The summed E-state index contributed by atoms with van der Waals surface area (Å²) < 4.78 is 4.28. The van der Waals surface area contributed by atoms with Crippen LogP contribution >= 0.6 is 0 Å². The van der Waals surface area contributed by atoms with Gasteiger partial charge >= 0.3 is 17.9 Å². The Balaban J connectivity index is 2.79. The predicted octanol–water partition coefficient (Wildman–Crippen LogP) is -0.206. The third-order valence-corrected chi connectivity index (χ3v) is 2.26. The van der Waals surface area contributed by atoms with Crippen LogP contribution in [0.2, 0.25) is 0 Å². The first-order chi connectivity index (χ1) is 7.91. The van der Waals surface area contributed by atoms with Gasteiger partial charge in [0.15, 0.2) is 0 Å². The van der Waals surface area contributed by atoms with Crippen molar-refractivity contribution in [1.82, 2.24) is 0 Å². The first-order valence-corrected chi connectivity index (χ1v) is 4.39. The zero-order chi connectivity index (χ0) is 12.7. The molecule has 1 amide bonds. The Kier molecular flexibility index (Phi) is 2.17. The number of rotatable bonds is 2. The maximum Gasteiger partial charge on any atom is 0.347 e. The minimum Gasteiger partial charge on any atom is -0.478 e. The summed E-state index contributed by atoms with van der Waals surface area (Å²) in [5.41, 5.74) is 3.81. The number of fused-ring (bicyclic) bond motifs is 1. The quantitative estimate of drug-likeness (QED) is 0.540. The predicted molar refractivity (Wildman–Crippen MR) is 51.7 cm³/mol. The molecule has 1 heterocycles. The van der Waals surface area contributed by atoms with Gasteiger partial charge in [-0.15, -0.1) is 0 Å². The summed E-state index contributed by atoms with van der Waals surface area (Å²) in [5, 5.41) is 8.79. The minimum absolute atomic E-state index is 0.260. The fraction of sp³-hybridized carbons (Fsp3) is 0. The minimum atomic E-state index is -1.34. The topological polar surface area (TPSA) is 124 Å². The van der Waals surface area contributed by atoms with Crippen LogP contribution in [0.25, 0.3) is 0 Å². The lowest BCUT2D eigenvalue weighted by molar-refractivity contribution is 0.0442. The van der Waals surface area contributed by atoms with Gasteiger partial charge in [-0.05, 0) is 12.1 Å². The third kappa shape index (κ3) is 1.53. The SMILES string of the molecule is NC(=O)c1cc(C(=O)O)cc2c1C(=O)OC2=O. The van der Waals surface area contributed by atoms with Crippen LogP contribution in [0, 0.1) is 0 Å². The Labute approximate surface area is 93.8 Å². The average Bonchev–Trinajstić information content (AvgIpc) is 2.53. The van der Waals surface area contributed by atoms with Crippen LogP contribution in [0.4, 0.5) is 0 Å². The van der Waals surface area contributed by atoms with E-state index >= 15 is 0 Å². The van der Waals surface area contributed by atoms with E-state index in [2.05, 4.69) is 4.74 Å². The van der Waals surface area contributed by atoms with Crippen LogP contribution in [-0.4, -0.2) is 28.9 Å². The molecule has 1 aliphatic heterocycles. The van der Waals surface area contributed by atoms with Crippen molar-refractivity contribution in [2.75, 3.05) is 0 Å². The van der Waals surface area contributed by atoms with Crippen molar-refractivity contribution in [1.29, 1.82) is 0 Å². The molecule has 0 aliphatic carbocycles. The van der Waals surface area contributed by atoms with Gasteiger partial charge in [-0.25, -0.2) is 14.4 Å². The molecule has 0 spiro atoms. The van der Waals surface area contributed by atoms with Crippen LogP contribution < -0.4 is 5.73 Å². The Hall–Kier alpha value is -2.70. The number of carboxylic acid groups (broad SMARTS) is 1. The Morgan fingerprint density at radius 2 is 1.82 bits per heavy atom. The normalized spacial score (nSPS) is 13.2. The Morgan fingerprint density at radius 3 is 2.35 bits per heavy atom. The molecule has 0 atom stereocenters. The summed E-state index contributed by atoms with van der Waals surface area (Å²) in [6.45, 7) is 0. The number of cyclic esters (lactones) is 2. The number of carbonyl (C=O) groups is 4. The highest BCUT2D eigenvalue weighted by Gasteiger charge is 2.35. The highest BCUT2D eigenvalue weighted by molar-refractivity contribution is 6.20. The fourth-order valence-electron chi connectivity index (χ4n) is 1.53. The lowest BCUT2D eigenvalue weighted by Gasteiger charge is -2.02. The summed E-state index contributed by atoms with van der Waals surface area (Å²) >= 11 is 0. The lowest BCUT2D eigenvalue weighted by atomic mass is 9.98. The summed E-state index contributed by atoms with van der Waals surface area (Å²) in [6, 6.07) is 1.90. The van der Waals surface area contributed by atoms with E-state index in [4.69, 9.17) is 10.8 Å². The van der Waals surface area contributed by atoms with Gasteiger partial charge < -0.3 is 15.6 Å². The number of nitrogens with two attached hydrogens (primary N) is 1. The van der Waals surface area contributed by atoms with Crippen molar-refractivity contribution in [3.05, 3.63) is 34.4 Å². The van der Waals surface area contributed by atoms with Gasteiger partial charge in [-0.2, -0.15) is 0 Å². The largest absolute Gasteiger partial charge is 0.478 e. The van der Waals surface area contributed by atoms with E-state index in [0.717, 1.165) is 12.1 Å². The summed E-state index contributed by atoms with van der Waals surface area (Å²) in [5.74, 6) is -4.34. The van der Waals surface area contributed by atoms with Gasteiger partial charge in [-0.1, -0.05) is 0 Å². The molecule has 3 N–H and O–H groups in total. The smallest absolute Gasteiger partial charge is 0.347 e. The van der Waals surface area contributed by atoms with E-state index in [9.17, 15) is 19.2 Å². The van der Waals surface area contributed by atoms with Crippen molar-refractivity contribution in [2.24, 2.45) is 5.73 Å². The monoisotopic (exact) mass is 235 g/mol. The standard InChI is InChI=1S/C10H5NO6/c11-7(12)4-1-3(8(13)14)2-5-6(4)10(16)17-9(5)15/h1-2H,(H2,11,12)(H,13,14). The molecular formula is C10H5NO6. The number of amides is 1. The van der Waals surface area contributed by atoms with Gasteiger partial charge in [0.2, 0.25) is 5.91 Å². The molecule has 2 rings (SSSR count). The number of ether oxygens (including phenoxy) is 1. The van der Waals surface area contributed by atoms with E-state index in [1.54, 1.807) is 0 Å². The van der Waals surface area contributed by atoms with Gasteiger partial charge in [0.05, 0.1) is 22.3 Å². The first-order valence-electron chi connectivity index (χ1n) is 4.39. The van der Waals surface area contributed by atoms with E-state index in [0.29, 0.717) is 0 Å². The second-order valence-electron chi connectivity index (χ2n) is 3.29. The van der Waals surface area contributed by atoms with Crippen molar-refractivity contribution in [3.8, 4) is 0 Å². The summed E-state index contributed by atoms with van der Waals surface area (Å²) in [6.07, 6.45) is 0. The maximum absolute atomic E-state index is 11.3. The fourth-order valence-corrected chi connectivity index (χ4v) is 1.53. The molecule has 0 saturated heterocycles. The maximum atomic E-state index is 11.3. The van der Waals surface area contributed by atoms with Crippen molar-refractivity contribution < 1.29 is 29.0 Å². The van der Waals surface area contributed by atoms with Crippen molar-refractivity contribution in [3.63, 3.8) is 0 Å². The average molecular weight is 235 g/mol. The zero-order valence-electron chi connectivity index (χ0n) is 8.22. The molecule has 7 nitrogen and oxygen atoms in total. The van der Waals surface area contributed by atoms with Gasteiger partial charge in [-0.3, -0.25) is 4.79 Å². The molecule has 0 aromatic heterocycles. The first kappa shape index (κ1) is 10.8. The molecule has 17 heavy (non-hydrogen) atoms. The molecule has 7 heteroatoms. The molecule has 86 valence electrons. The van der Waals surface area contributed by atoms with E-state index < -0.39 is 23.8 Å². The van der Waals surface area contributed by atoms with Crippen molar-refractivity contribution >= 4 is 23.8 Å². The molecule has 0 radical (unpaired) electrons. The summed E-state index contributed by atoms with van der Waals surface area (Å²) in [4.78, 5) is 44.4.